The minimum atomic E-state index is 0.158. The Hall–Kier alpha value is -1.12. The zero-order valence-corrected chi connectivity index (χ0v) is 17.9. The molecule has 0 aromatic heterocycles. The van der Waals surface area contributed by atoms with Gasteiger partial charge in [-0.25, -0.2) is 0 Å². The number of aliphatic hydroxyl groups is 2. The van der Waals surface area contributed by atoms with Crippen LogP contribution >= 0.6 is 0 Å². The van der Waals surface area contributed by atoms with E-state index in [2.05, 4.69) is 57.2 Å². The highest BCUT2D eigenvalue weighted by molar-refractivity contribution is 5.72. The molecule has 2 fully saturated rings. The first kappa shape index (κ1) is 20.2. The molecule has 0 radical (unpaired) electrons. The van der Waals surface area contributed by atoms with Gasteiger partial charge in [-0.3, -0.25) is 0 Å². The molecule has 0 saturated heterocycles. The first-order valence-corrected chi connectivity index (χ1v) is 11.4. The van der Waals surface area contributed by atoms with Crippen molar-refractivity contribution in [1.82, 2.24) is 0 Å². The zero-order valence-electron chi connectivity index (χ0n) is 17.9. The summed E-state index contributed by atoms with van der Waals surface area (Å²) in [7, 11) is 0. The van der Waals surface area contributed by atoms with Gasteiger partial charge in [-0.05, 0) is 83.7 Å². The molecule has 0 unspecified atom stereocenters. The van der Waals surface area contributed by atoms with Gasteiger partial charge in [0.1, 0.15) is 0 Å². The van der Waals surface area contributed by atoms with Crippen LogP contribution in [-0.2, 0) is 0 Å². The van der Waals surface area contributed by atoms with E-state index >= 15 is 0 Å². The molecule has 3 aliphatic rings. The molecule has 2 heteroatoms. The summed E-state index contributed by atoms with van der Waals surface area (Å²) in [5.74, 6) is 2.46. The molecular weight excluding hydrogens is 344 g/mol. The van der Waals surface area contributed by atoms with Crippen LogP contribution in [-0.4, -0.2) is 23.4 Å². The fraction of sp³-hybridized carbons (Fsp3) is 0.692. The average Bonchev–Trinajstić information content (AvgIpc) is 3.06. The molecule has 0 spiro atoms. The van der Waals surface area contributed by atoms with E-state index in [1.807, 2.05) is 0 Å². The van der Waals surface area contributed by atoms with Crippen LogP contribution in [0.25, 0.3) is 5.57 Å². The molecule has 1 aromatic rings. The fourth-order valence-electron chi connectivity index (χ4n) is 7.40. The summed E-state index contributed by atoms with van der Waals surface area (Å²) in [5.41, 5.74) is 3.17. The van der Waals surface area contributed by atoms with Gasteiger partial charge in [0.15, 0.2) is 0 Å². The van der Waals surface area contributed by atoms with Crippen molar-refractivity contribution < 1.29 is 10.2 Å². The fourth-order valence-corrected chi connectivity index (χ4v) is 7.40. The third kappa shape index (κ3) is 3.08. The Morgan fingerprint density at radius 2 is 1.71 bits per heavy atom. The van der Waals surface area contributed by atoms with E-state index in [4.69, 9.17) is 0 Å². The summed E-state index contributed by atoms with van der Waals surface area (Å²) in [6.07, 6.45) is 9.50. The zero-order chi connectivity index (χ0) is 19.9. The monoisotopic (exact) mass is 382 g/mol. The van der Waals surface area contributed by atoms with Gasteiger partial charge in [0.25, 0.3) is 0 Å². The largest absolute Gasteiger partial charge is 0.396 e. The van der Waals surface area contributed by atoms with Crippen molar-refractivity contribution in [3.8, 4) is 0 Å². The lowest BCUT2D eigenvalue weighted by molar-refractivity contribution is -0.0910. The topological polar surface area (TPSA) is 40.5 Å². The maximum Gasteiger partial charge on any atom is 0.0465 e. The Labute approximate surface area is 171 Å². The SMILES string of the molecule is C[C@H]1CC[C@](C)([C@H]2CC[C@]3(C)C(c4ccccc4)=CC[C@H]3[C@@H]2CO)[C@@H](CO)C1. The van der Waals surface area contributed by atoms with Gasteiger partial charge in [-0.2, -0.15) is 0 Å². The van der Waals surface area contributed by atoms with Crippen molar-refractivity contribution in [2.45, 2.75) is 59.3 Å². The second-order valence-electron chi connectivity index (χ2n) is 10.5. The Bertz CT molecular complexity index is 710. The lowest BCUT2D eigenvalue weighted by Crippen LogP contribution is -2.51. The van der Waals surface area contributed by atoms with E-state index in [0.717, 1.165) is 12.8 Å². The highest BCUT2D eigenvalue weighted by atomic mass is 16.3. The van der Waals surface area contributed by atoms with E-state index in [9.17, 15) is 10.2 Å². The van der Waals surface area contributed by atoms with Crippen LogP contribution in [0.1, 0.15) is 64.9 Å². The summed E-state index contributed by atoms with van der Waals surface area (Å²) in [5, 5.41) is 20.7. The highest BCUT2D eigenvalue weighted by Crippen LogP contribution is 2.64. The second kappa shape index (κ2) is 7.61. The number of hydrogen-bond donors (Lipinski definition) is 2. The lowest BCUT2D eigenvalue weighted by Gasteiger charge is -2.57. The molecule has 1 aromatic carbocycles. The normalized spacial score (nSPS) is 43.5. The minimum absolute atomic E-state index is 0.158. The maximum atomic E-state index is 10.6. The molecule has 4 rings (SSSR count). The van der Waals surface area contributed by atoms with Crippen molar-refractivity contribution in [2.75, 3.05) is 13.2 Å². The Morgan fingerprint density at radius 3 is 2.39 bits per heavy atom. The molecule has 0 aliphatic heterocycles. The number of rotatable bonds is 4. The summed E-state index contributed by atoms with van der Waals surface area (Å²) < 4.78 is 0. The summed E-state index contributed by atoms with van der Waals surface area (Å²) >= 11 is 0. The molecule has 154 valence electrons. The van der Waals surface area contributed by atoms with Crippen LogP contribution in [0.3, 0.4) is 0 Å². The van der Waals surface area contributed by atoms with Crippen LogP contribution in [0, 0.1) is 40.4 Å². The molecule has 0 bridgehead atoms. The molecule has 7 atom stereocenters. The number of hydrogen-bond acceptors (Lipinski definition) is 2. The summed E-state index contributed by atoms with van der Waals surface area (Å²) in [4.78, 5) is 0. The first-order chi connectivity index (χ1) is 13.4. The van der Waals surface area contributed by atoms with Crippen LogP contribution in [0.5, 0.6) is 0 Å². The molecule has 2 saturated carbocycles. The van der Waals surface area contributed by atoms with Gasteiger partial charge in [-0.1, -0.05) is 63.6 Å². The molecule has 0 heterocycles. The molecule has 2 nitrogen and oxygen atoms in total. The van der Waals surface area contributed by atoms with Crippen LogP contribution in [0.4, 0.5) is 0 Å². The van der Waals surface area contributed by atoms with Crippen LogP contribution in [0.2, 0.25) is 0 Å². The third-order valence-corrected chi connectivity index (χ3v) is 9.18. The van der Waals surface area contributed by atoms with Crippen LogP contribution < -0.4 is 0 Å². The van der Waals surface area contributed by atoms with E-state index < -0.39 is 0 Å². The van der Waals surface area contributed by atoms with E-state index in [-0.39, 0.29) is 17.4 Å². The Balaban J connectivity index is 1.63. The van der Waals surface area contributed by atoms with Crippen molar-refractivity contribution >= 4 is 5.57 Å². The van der Waals surface area contributed by atoms with Crippen molar-refractivity contribution in [1.29, 1.82) is 0 Å². The number of benzene rings is 1. The van der Waals surface area contributed by atoms with E-state index in [0.29, 0.717) is 36.2 Å². The Kier molecular flexibility index (Phi) is 5.48. The average molecular weight is 383 g/mol. The standard InChI is InChI=1S/C26H38O2/c1-18-11-13-25(2,20(15-18)16-27)24-12-14-26(3)22(19-7-5-4-6-8-19)9-10-23(26)21(24)17-28/h4-9,18,20-21,23-24,27-28H,10-17H2,1-3H3/t18-,20+,21-,23-,24-,25-,26+/m0/s1. The number of aliphatic hydroxyl groups excluding tert-OH is 2. The predicted octanol–water partition coefficient (Wildman–Crippen LogP) is 5.55. The molecule has 2 N–H and O–H groups in total. The smallest absolute Gasteiger partial charge is 0.0465 e. The van der Waals surface area contributed by atoms with Crippen molar-refractivity contribution in [3.05, 3.63) is 42.0 Å². The minimum Gasteiger partial charge on any atom is -0.396 e. The van der Waals surface area contributed by atoms with E-state index in [1.54, 1.807) is 0 Å². The predicted molar refractivity (Wildman–Crippen MR) is 116 cm³/mol. The van der Waals surface area contributed by atoms with Gasteiger partial charge < -0.3 is 10.2 Å². The van der Waals surface area contributed by atoms with Gasteiger partial charge >= 0.3 is 0 Å². The number of fused-ring (bicyclic) bond motifs is 1. The number of allylic oxidation sites excluding steroid dienone is 2. The Morgan fingerprint density at radius 1 is 0.964 bits per heavy atom. The second-order valence-corrected chi connectivity index (χ2v) is 10.5. The lowest BCUT2D eigenvalue weighted by atomic mass is 9.48. The van der Waals surface area contributed by atoms with Crippen molar-refractivity contribution in [2.24, 2.45) is 40.4 Å². The van der Waals surface area contributed by atoms with E-state index in [1.165, 1.54) is 36.8 Å². The summed E-state index contributed by atoms with van der Waals surface area (Å²) in [6, 6.07) is 10.8. The van der Waals surface area contributed by atoms with Gasteiger partial charge in [0, 0.05) is 13.2 Å². The third-order valence-electron chi connectivity index (χ3n) is 9.18. The highest BCUT2D eigenvalue weighted by Gasteiger charge is 2.56. The van der Waals surface area contributed by atoms with Gasteiger partial charge in [0.05, 0.1) is 0 Å². The van der Waals surface area contributed by atoms with Gasteiger partial charge in [-0.15, -0.1) is 0 Å². The molecule has 28 heavy (non-hydrogen) atoms. The van der Waals surface area contributed by atoms with Crippen LogP contribution in [0.15, 0.2) is 36.4 Å². The molecule has 3 aliphatic carbocycles. The van der Waals surface area contributed by atoms with Crippen molar-refractivity contribution in [3.63, 3.8) is 0 Å². The van der Waals surface area contributed by atoms with Gasteiger partial charge in [0.2, 0.25) is 0 Å². The molecular formula is C26H38O2. The quantitative estimate of drug-likeness (QED) is 0.717. The first-order valence-electron chi connectivity index (χ1n) is 11.4. The molecule has 0 amide bonds. The summed E-state index contributed by atoms with van der Waals surface area (Å²) in [6.45, 7) is 7.78. The maximum absolute atomic E-state index is 10.6.